The minimum absolute atomic E-state index is 0.101. The molecular weight excluding hydrogens is 436 g/mol. The van der Waals surface area contributed by atoms with Gasteiger partial charge in [-0.1, -0.05) is 30.3 Å². The molecule has 0 heterocycles. The van der Waals surface area contributed by atoms with Crippen molar-refractivity contribution in [2.24, 2.45) is 0 Å². The van der Waals surface area contributed by atoms with Gasteiger partial charge in [-0.2, -0.15) is 0 Å². The number of nitro benzene ring substituents is 1. The maximum atomic E-state index is 12.4. The van der Waals surface area contributed by atoms with Gasteiger partial charge in [0.1, 0.15) is 0 Å². The van der Waals surface area contributed by atoms with E-state index < -0.39 is 31.4 Å². The number of nitrogens with one attached hydrogen (secondary N) is 3. The highest BCUT2D eigenvalue weighted by Crippen LogP contribution is 2.22. The third-order valence-electron chi connectivity index (χ3n) is 4.45. The molecule has 0 saturated carbocycles. The second-order valence-corrected chi connectivity index (χ2v) is 8.28. The first-order valence-electron chi connectivity index (χ1n) is 9.21. The molecule has 0 spiro atoms. The fourth-order valence-electron chi connectivity index (χ4n) is 2.81. The molecule has 0 aliphatic carbocycles. The molecule has 0 unspecified atom stereocenters. The van der Waals surface area contributed by atoms with Crippen LogP contribution in [0.2, 0.25) is 0 Å². The van der Waals surface area contributed by atoms with Crippen LogP contribution in [0.4, 0.5) is 11.4 Å². The van der Waals surface area contributed by atoms with Gasteiger partial charge in [-0.25, -0.2) is 8.42 Å². The van der Waals surface area contributed by atoms with Gasteiger partial charge in [0.15, 0.2) is 4.90 Å². The molecule has 0 aromatic heterocycles. The first-order valence-corrected chi connectivity index (χ1v) is 10.7. The predicted molar refractivity (Wildman–Crippen MR) is 116 cm³/mol. The monoisotopic (exact) mass is 454 g/mol. The van der Waals surface area contributed by atoms with Crippen molar-refractivity contribution >= 4 is 33.2 Å². The van der Waals surface area contributed by atoms with Crippen molar-refractivity contribution in [3.05, 3.63) is 99.6 Å². The number of carbonyl (C=O) groups is 2. The summed E-state index contributed by atoms with van der Waals surface area (Å²) >= 11 is 0. The minimum atomic E-state index is -4.38. The minimum Gasteiger partial charge on any atom is -0.322 e. The Bertz CT molecular complexity index is 1290. The Morgan fingerprint density at radius 1 is 0.875 bits per heavy atom. The van der Waals surface area contributed by atoms with Gasteiger partial charge in [0.05, 0.1) is 4.92 Å². The van der Waals surface area contributed by atoms with E-state index in [1.54, 1.807) is 12.1 Å². The fourth-order valence-corrected chi connectivity index (χ4v) is 3.82. The van der Waals surface area contributed by atoms with Crippen molar-refractivity contribution in [2.45, 2.75) is 11.8 Å². The van der Waals surface area contributed by atoms with Gasteiger partial charge in [0, 0.05) is 22.9 Å². The smallest absolute Gasteiger partial charge is 0.289 e. The summed E-state index contributed by atoms with van der Waals surface area (Å²) in [4.78, 5) is 36.1. The molecule has 0 fully saturated rings. The van der Waals surface area contributed by atoms with E-state index in [2.05, 4.69) is 5.32 Å². The summed E-state index contributed by atoms with van der Waals surface area (Å²) in [5.74, 6) is -1.10. The predicted octanol–water partition coefficient (Wildman–Crippen LogP) is 2.78. The summed E-state index contributed by atoms with van der Waals surface area (Å²) in [5.41, 5.74) is 3.25. The van der Waals surface area contributed by atoms with Crippen LogP contribution in [0.25, 0.3) is 0 Å². The number of hydrazine groups is 1. The van der Waals surface area contributed by atoms with Crippen molar-refractivity contribution in [1.82, 2.24) is 10.3 Å². The number of rotatable bonds is 7. The van der Waals surface area contributed by atoms with Crippen LogP contribution < -0.4 is 15.6 Å². The Balaban J connectivity index is 1.66. The number of hydrogen-bond acceptors (Lipinski definition) is 6. The lowest BCUT2D eigenvalue weighted by atomic mass is 10.1. The van der Waals surface area contributed by atoms with Crippen LogP contribution in [0.1, 0.15) is 26.3 Å². The van der Waals surface area contributed by atoms with Gasteiger partial charge in [0.25, 0.3) is 27.5 Å². The van der Waals surface area contributed by atoms with Crippen LogP contribution in [-0.2, 0) is 10.0 Å². The molecule has 0 atom stereocenters. The lowest BCUT2D eigenvalue weighted by Crippen LogP contribution is -2.41. The molecule has 0 aliphatic heterocycles. The Kier molecular flexibility index (Phi) is 6.61. The van der Waals surface area contributed by atoms with Gasteiger partial charge < -0.3 is 5.32 Å². The highest BCUT2D eigenvalue weighted by molar-refractivity contribution is 7.89. The van der Waals surface area contributed by atoms with E-state index in [0.717, 1.165) is 17.7 Å². The van der Waals surface area contributed by atoms with Crippen LogP contribution in [-0.4, -0.2) is 25.2 Å². The van der Waals surface area contributed by atoms with Crippen LogP contribution in [0, 0.1) is 17.0 Å². The second kappa shape index (κ2) is 9.37. The summed E-state index contributed by atoms with van der Waals surface area (Å²) in [5, 5.41) is 13.8. The van der Waals surface area contributed by atoms with E-state index in [4.69, 9.17) is 0 Å². The molecule has 0 aliphatic rings. The van der Waals surface area contributed by atoms with Gasteiger partial charge in [-0.3, -0.25) is 25.1 Å². The third kappa shape index (κ3) is 5.14. The van der Waals surface area contributed by atoms with E-state index in [-0.39, 0.29) is 11.5 Å². The van der Waals surface area contributed by atoms with Crippen LogP contribution in [0.15, 0.2) is 77.7 Å². The van der Waals surface area contributed by atoms with Crippen molar-refractivity contribution in [2.75, 3.05) is 5.32 Å². The second-order valence-electron chi connectivity index (χ2n) is 6.63. The number of hydrogen-bond donors (Lipinski definition) is 3. The SMILES string of the molecule is Cc1ccccc1C(=O)Nc1ccc(C(=O)NNS(=O)(=O)c2ccccc2[N+](=O)[O-])cc1. The topological polar surface area (TPSA) is 148 Å². The molecule has 3 rings (SSSR count). The molecule has 3 aromatic carbocycles. The summed E-state index contributed by atoms with van der Waals surface area (Å²) < 4.78 is 24.7. The Morgan fingerprint density at radius 3 is 2.16 bits per heavy atom. The first kappa shape index (κ1) is 22.6. The average Bonchev–Trinajstić information content (AvgIpc) is 2.78. The van der Waals surface area contributed by atoms with Gasteiger partial charge in [-0.05, 0) is 48.9 Å². The summed E-state index contributed by atoms with van der Waals surface area (Å²) in [7, 11) is -4.38. The Hall–Kier alpha value is -4.09. The summed E-state index contributed by atoms with van der Waals surface area (Å²) in [6.45, 7) is 1.81. The molecule has 3 N–H and O–H groups in total. The number of aryl methyl sites for hydroxylation is 1. The number of sulfonamides is 1. The van der Waals surface area contributed by atoms with E-state index in [1.165, 1.54) is 36.4 Å². The van der Waals surface area contributed by atoms with E-state index >= 15 is 0 Å². The average molecular weight is 454 g/mol. The van der Waals surface area contributed by atoms with Gasteiger partial charge in [0.2, 0.25) is 0 Å². The standard InChI is InChI=1S/C21H18N4O6S/c1-14-6-2-3-7-17(14)21(27)22-16-12-10-15(11-13-16)20(26)23-24-32(30,31)19-9-5-4-8-18(19)25(28)29/h2-13,24H,1H3,(H,22,27)(H,23,26). The Labute approximate surface area is 183 Å². The fraction of sp³-hybridized carbons (Fsp3) is 0.0476. The largest absolute Gasteiger partial charge is 0.322 e. The maximum absolute atomic E-state index is 12.4. The molecule has 32 heavy (non-hydrogen) atoms. The number of nitrogens with zero attached hydrogens (tertiary/aromatic N) is 1. The maximum Gasteiger partial charge on any atom is 0.289 e. The summed E-state index contributed by atoms with van der Waals surface area (Å²) in [6, 6.07) is 17.6. The number of amides is 2. The molecule has 0 saturated heterocycles. The number of anilines is 1. The van der Waals surface area contributed by atoms with Crippen molar-refractivity contribution in [3.8, 4) is 0 Å². The van der Waals surface area contributed by atoms with Crippen molar-refractivity contribution in [3.63, 3.8) is 0 Å². The quantitative estimate of drug-likeness (QED) is 0.369. The van der Waals surface area contributed by atoms with Gasteiger partial charge in [-0.15, -0.1) is 4.83 Å². The lowest BCUT2D eigenvalue weighted by molar-refractivity contribution is -0.387. The van der Waals surface area contributed by atoms with E-state index in [9.17, 15) is 28.1 Å². The van der Waals surface area contributed by atoms with Crippen LogP contribution in [0.5, 0.6) is 0 Å². The van der Waals surface area contributed by atoms with Crippen molar-refractivity contribution in [1.29, 1.82) is 0 Å². The molecule has 0 radical (unpaired) electrons. The molecule has 10 nitrogen and oxygen atoms in total. The molecule has 2 amide bonds. The zero-order valence-corrected chi connectivity index (χ0v) is 17.5. The number of benzene rings is 3. The van der Waals surface area contributed by atoms with E-state index in [1.807, 2.05) is 29.3 Å². The molecule has 11 heteroatoms. The molecule has 164 valence electrons. The molecular formula is C21H18N4O6S. The van der Waals surface area contributed by atoms with Crippen molar-refractivity contribution < 1.29 is 22.9 Å². The summed E-state index contributed by atoms with van der Waals surface area (Å²) in [6.07, 6.45) is 0. The molecule has 3 aromatic rings. The Morgan fingerprint density at radius 2 is 1.50 bits per heavy atom. The molecule has 0 bridgehead atoms. The highest BCUT2D eigenvalue weighted by atomic mass is 32.2. The number of para-hydroxylation sites is 1. The number of nitro groups is 1. The highest BCUT2D eigenvalue weighted by Gasteiger charge is 2.25. The number of carbonyl (C=O) groups excluding carboxylic acids is 2. The first-order chi connectivity index (χ1) is 15.2. The van der Waals surface area contributed by atoms with Crippen LogP contribution >= 0.6 is 0 Å². The normalized spacial score (nSPS) is 10.9. The van der Waals surface area contributed by atoms with Gasteiger partial charge >= 0.3 is 0 Å². The third-order valence-corrected chi connectivity index (χ3v) is 5.74. The van der Waals surface area contributed by atoms with E-state index in [0.29, 0.717) is 11.3 Å². The van der Waals surface area contributed by atoms with Crippen LogP contribution in [0.3, 0.4) is 0 Å². The zero-order valence-electron chi connectivity index (χ0n) is 16.7. The zero-order chi connectivity index (χ0) is 23.3. The lowest BCUT2D eigenvalue weighted by Gasteiger charge is -2.10.